The molecule has 7 nitrogen and oxygen atoms in total. The summed E-state index contributed by atoms with van der Waals surface area (Å²) in [5.41, 5.74) is 2.49. The molecule has 1 heterocycles. The van der Waals surface area contributed by atoms with Crippen LogP contribution in [0.25, 0.3) is 10.8 Å². The molecule has 4 aromatic carbocycles. The van der Waals surface area contributed by atoms with Crippen LogP contribution in [0.3, 0.4) is 0 Å². The van der Waals surface area contributed by atoms with Crippen LogP contribution in [0.15, 0.2) is 120 Å². The largest absolute Gasteiger partial charge is 0.451 e. The molecule has 0 atom stereocenters. The third kappa shape index (κ3) is 6.27. The first-order valence-corrected chi connectivity index (χ1v) is 12.6. The van der Waals surface area contributed by atoms with E-state index >= 15 is 0 Å². The van der Waals surface area contributed by atoms with Crippen molar-refractivity contribution in [1.29, 1.82) is 0 Å². The quantitative estimate of drug-likeness (QED) is 0.262. The maximum atomic E-state index is 13.3. The second-order valence-corrected chi connectivity index (χ2v) is 9.14. The highest BCUT2D eigenvalue weighted by atomic mass is 16.5. The zero-order chi connectivity index (χ0) is 27.0. The van der Waals surface area contributed by atoms with E-state index in [0.717, 1.165) is 16.7 Å². The Morgan fingerprint density at radius 3 is 1.72 bits per heavy atom. The van der Waals surface area contributed by atoms with Crippen molar-refractivity contribution in [1.82, 2.24) is 14.7 Å². The van der Waals surface area contributed by atoms with Gasteiger partial charge in [0.25, 0.3) is 11.5 Å². The highest BCUT2D eigenvalue weighted by Crippen LogP contribution is 2.16. The van der Waals surface area contributed by atoms with Crippen molar-refractivity contribution in [3.8, 4) is 0 Å². The molecule has 0 spiro atoms. The van der Waals surface area contributed by atoms with Gasteiger partial charge in [-0.05, 0) is 22.8 Å². The molecular formula is C32H27N3O4. The summed E-state index contributed by atoms with van der Waals surface area (Å²) in [6.07, 6.45) is 0. The van der Waals surface area contributed by atoms with E-state index in [-0.39, 0.29) is 23.7 Å². The monoisotopic (exact) mass is 517 g/mol. The SMILES string of the molecule is O=C(OCC(=O)N(Cc1ccccc1)Cc1ccccc1)c1nn(Cc2ccccc2)c(=O)c2ccccc12. The minimum absolute atomic E-state index is 0.00778. The molecule has 0 fully saturated rings. The molecule has 5 rings (SSSR count). The van der Waals surface area contributed by atoms with E-state index in [9.17, 15) is 14.4 Å². The number of carbonyl (C=O) groups is 2. The Morgan fingerprint density at radius 1 is 0.667 bits per heavy atom. The van der Waals surface area contributed by atoms with Gasteiger partial charge in [-0.3, -0.25) is 9.59 Å². The molecule has 0 aliphatic carbocycles. The van der Waals surface area contributed by atoms with Gasteiger partial charge in [0.1, 0.15) is 0 Å². The minimum atomic E-state index is -0.763. The molecular weight excluding hydrogens is 490 g/mol. The predicted molar refractivity (Wildman–Crippen MR) is 149 cm³/mol. The van der Waals surface area contributed by atoms with Gasteiger partial charge in [0.2, 0.25) is 0 Å². The number of hydrogen-bond acceptors (Lipinski definition) is 5. The molecule has 0 unspecified atom stereocenters. The zero-order valence-corrected chi connectivity index (χ0v) is 21.3. The summed E-state index contributed by atoms with van der Waals surface area (Å²) in [5, 5.41) is 5.10. The molecule has 0 aliphatic heterocycles. The van der Waals surface area contributed by atoms with Crippen LogP contribution in [0.2, 0.25) is 0 Å². The van der Waals surface area contributed by atoms with Crippen molar-refractivity contribution >= 4 is 22.6 Å². The molecule has 0 saturated heterocycles. The molecule has 194 valence electrons. The smallest absolute Gasteiger partial charge is 0.359 e. The molecule has 0 saturated carbocycles. The van der Waals surface area contributed by atoms with E-state index in [4.69, 9.17) is 4.74 Å². The Bertz CT molecular complexity index is 1590. The second kappa shape index (κ2) is 12.0. The molecule has 5 aromatic rings. The van der Waals surface area contributed by atoms with E-state index in [1.54, 1.807) is 29.2 Å². The molecule has 0 aliphatic rings. The van der Waals surface area contributed by atoms with E-state index in [1.807, 2.05) is 91.0 Å². The van der Waals surface area contributed by atoms with Crippen LogP contribution in [0, 0.1) is 0 Å². The van der Waals surface area contributed by atoms with Crippen LogP contribution < -0.4 is 5.56 Å². The summed E-state index contributed by atoms with van der Waals surface area (Å²) < 4.78 is 6.75. The number of fused-ring (bicyclic) bond motifs is 1. The van der Waals surface area contributed by atoms with Crippen molar-refractivity contribution in [3.63, 3.8) is 0 Å². The van der Waals surface area contributed by atoms with E-state index in [2.05, 4.69) is 5.10 Å². The van der Waals surface area contributed by atoms with Crippen LogP contribution in [0.1, 0.15) is 27.2 Å². The molecule has 7 heteroatoms. The highest BCUT2D eigenvalue weighted by molar-refractivity contribution is 6.02. The number of hydrogen-bond donors (Lipinski definition) is 0. The number of esters is 1. The Hall–Kier alpha value is -5.04. The minimum Gasteiger partial charge on any atom is -0.451 e. The Balaban J connectivity index is 1.37. The first-order chi connectivity index (χ1) is 19.1. The fraction of sp³-hybridized carbons (Fsp3) is 0.125. The number of benzene rings is 4. The number of amides is 1. The van der Waals surface area contributed by atoms with Gasteiger partial charge in [-0.1, -0.05) is 109 Å². The lowest BCUT2D eigenvalue weighted by Crippen LogP contribution is -2.34. The van der Waals surface area contributed by atoms with Crippen molar-refractivity contribution in [2.24, 2.45) is 0 Å². The first-order valence-electron chi connectivity index (χ1n) is 12.6. The van der Waals surface area contributed by atoms with Crippen LogP contribution in [-0.4, -0.2) is 33.2 Å². The number of rotatable bonds is 9. The van der Waals surface area contributed by atoms with Crippen LogP contribution >= 0.6 is 0 Å². The first kappa shape index (κ1) is 25.6. The third-order valence-corrected chi connectivity index (χ3v) is 6.35. The maximum absolute atomic E-state index is 13.3. The lowest BCUT2D eigenvalue weighted by Gasteiger charge is -2.23. The number of aromatic nitrogens is 2. The summed E-state index contributed by atoms with van der Waals surface area (Å²) in [6, 6.07) is 35.5. The summed E-state index contributed by atoms with van der Waals surface area (Å²) >= 11 is 0. The second-order valence-electron chi connectivity index (χ2n) is 9.14. The van der Waals surface area contributed by atoms with Crippen molar-refractivity contribution in [2.75, 3.05) is 6.61 Å². The lowest BCUT2D eigenvalue weighted by atomic mass is 10.1. The molecule has 0 bridgehead atoms. The van der Waals surface area contributed by atoms with Crippen LogP contribution in [0.5, 0.6) is 0 Å². The van der Waals surface area contributed by atoms with Gasteiger partial charge in [0, 0.05) is 18.5 Å². The van der Waals surface area contributed by atoms with Gasteiger partial charge in [0.15, 0.2) is 12.3 Å². The third-order valence-electron chi connectivity index (χ3n) is 6.35. The van der Waals surface area contributed by atoms with E-state index in [1.165, 1.54) is 4.68 Å². The van der Waals surface area contributed by atoms with E-state index < -0.39 is 12.6 Å². The van der Waals surface area contributed by atoms with Gasteiger partial charge < -0.3 is 9.64 Å². The Labute approximate surface area is 225 Å². The summed E-state index contributed by atoms with van der Waals surface area (Å²) in [6.45, 7) is 0.489. The molecule has 1 aromatic heterocycles. The molecule has 0 radical (unpaired) electrons. The van der Waals surface area contributed by atoms with E-state index in [0.29, 0.717) is 23.9 Å². The molecule has 39 heavy (non-hydrogen) atoms. The maximum Gasteiger partial charge on any atom is 0.359 e. The van der Waals surface area contributed by atoms with Gasteiger partial charge in [-0.25, -0.2) is 9.48 Å². The summed E-state index contributed by atoms with van der Waals surface area (Å²) in [7, 11) is 0. The van der Waals surface area contributed by atoms with Crippen molar-refractivity contribution < 1.29 is 14.3 Å². The average Bonchev–Trinajstić information content (AvgIpc) is 2.98. The normalized spacial score (nSPS) is 10.8. The summed E-state index contributed by atoms with van der Waals surface area (Å²) in [5.74, 6) is -1.10. The summed E-state index contributed by atoms with van der Waals surface area (Å²) in [4.78, 5) is 41.3. The van der Waals surface area contributed by atoms with Crippen molar-refractivity contribution in [3.05, 3.63) is 148 Å². The fourth-order valence-electron chi connectivity index (χ4n) is 4.38. The number of nitrogens with zero attached hydrogens (tertiary/aromatic N) is 3. The van der Waals surface area contributed by atoms with Gasteiger partial charge in [0.05, 0.1) is 11.9 Å². The number of ether oxygens (including phenoxy) is 1. The van der Waals surface area contributed by atoms with Gasteiger partial charge >= 0.3 is 5.97 Å². The van der Waals surface area contributed by atoms with Crippen LogP contribution in [0.4, 0.5) is 0 Å². The van der Waals surface area contributed by atoms with Crippen LogP contribution in [-0.2, 0) is 29.2 Å². The number of carbonyl (C=O) groups excluding carboxylic acids is 2. The molecule has 0 N–H and O–H groups in total. The topological polar surface area (TPSA) is 81.5 Å². The average molecular weight is 518 g/mol. The zero-order valence-electron chi connectivity index (χ0n) is 21.3. The predicted octanol–water partition coefficient (Wildman–Crippen LogP) is 4.83. The van der Waals surface area contributed by atoms with Crippen molar-refractivity contribution in [2.45, 2.75) is 19.6 Å². The fourth-order valence-corrected chi connectivity index (χ4v) is 4.38. The lowest BCUT2D eigenvalue weighted by molar-refractivity contribution is -0.135. The Morgan fingerprint density at radius 2 is 1.15 bits per heavy atom. The van der Waals surface area contributed by atoms with Gasteiger partial charge in [-0.15, -0.1) is 0 Å². The Kier molecular flexibility index (Phi) is 7.88. The van der Waals surface area contributed by atoms with Gasteiger partial charge in [-0.2, -0.15) is 5.10 Å². The standard InChI is InChI=1S/C32H27N3O4/c36-29(34(20-24-12-4-1-5-13-24)21-25-14-6-2-7-15-25)23-39-32(38)30-27-18-10-11-19-28(27)31(37)35(33-30)22-26-16-8-3-9-17-26/h1-19H,20-23H2. The highest BCUT2D eigenvalue weighted by Gasteiger charge is 2.21. The molecule has 1 amide bonds.